The number of fused-ring (bicyclic) bond motifs is 2. The largest absolute Gasteiger partial charge is 0.434 e. The Morgan fingerprint density at radius 2 is 1.75 bits per heavy atom. The number of halogens is 1. The van der Waals surface area contributed by atoms with E-state index in [0.717, 1.165) is 58.4 Å². The summed E-state index contributed by atoms with van der Waals surface area (Å²) in [5.74, 6) is 0.409. The van der Waals surface area contributed by atoms with Crippen LogP contribution in [0.25, 0.3) is 0 Å². The highest BCUT2D eigenvalue weighted by atomic mass is 32.2. The molecule has 1 aromatic heterocycles. The van der Waals surface area contributed by atoms with Gasteiger partial charge in [-0.2, -0.15) is 17.0 Å². The standard InChI is InChI=1S/C37H52FN9O5S/c1-6-33(48)45-20-30-18-29(45)21-46(30)53(50,51)44-13-9-27(10-14-44)19-42-15-11-37(12-16-42)22-43(23-37)34-35(41-40-24-39-34)52-32-8-7-28(38)17-31(32)36(49)47(25(2)3)26(4)5/h6-8,17,24-27,29-30H,1,9-16,18-23H2,2-5H3/t29-,30-/m0/s1. The van der Waals surface area contributed by atoms with Crippen LogP contribution in [-0.2, 0) is 15.0 Å². The van der Waals surface area contributed by atoms with Gasteiger partial charge in [-0.05, 0) is 103 Å². The van der Waals surface area contributed by atoms with Gasteiger partial charge in [0.05, 0.1) is 5.56 Å². The van der Waals surface area contributed by atoms with Crippen LogP contribution in [0.1, 0.15) is 70.2 Å². The quantitative estimate of drug-likeness (QED) is 0.315. The van der Waals surface area contributed by atoms with Gasteiger partial charge in [0, 0.05) is 75.4 Å². The lowest BCUT2D eigenvalue weighted by molar-refractivity contribution is -0.127. The van der Waals surface area contributed by atoms with Gasteiger partial charge in [-0.1, -0.05) is 6.58 Å². The zero-order valence-electron chi connectivity index (χ0n) is 31.2. The smallest absolute Gasteiger partial charge is 0.282 e. The Labute approximate surface area is 312 Å². The molecule has 5 aliphatic heterocycles. The highest BCUT2D eigenvalue weighted by molar-refractivity contribution is 7.86. The van der Waals surface area contributed by atoms with Gasteiger partial charge in [-0.3, -0.25) is 9.59 Å². The Balaban J connectivity index is 0.900. The summed E-state index contributed by atoms with van der Waals surface area (Å²) in [6, 6.07) is 3.54. The Hall–Kier alpha value is -3.73. The monoisotopic (exact) mass is 753 g/mol. The molecule has 2 amide bonds. The molecule has 14 nitrogen and oxygen atoms in total. The molecule has 5 saturated heterocycles. The fourth-order valence-corrected chi connectivity index (χ4v) is 11.0. The van der Waals surface area contributed by atoms with E-state index in [-0.39, 0.29) is 58.6 Å². The highest BCUT2D eigenvalue weighted by Crippen LogP contribution is 2.45. The van der Waals surface area contributed by atoms with Crippen LogP contribution in [0.3, 0.4) is 0 Å². The molecular formula is C37H52FN9O5S. The number of carbonyl (C=O) groups is 2. The summed E-state index contributed by atoms with van der Waals surface area (Å²) in [4.78, 5) is 38.3. The van der Waals surface area contributed by atoms with Gasteiger partial charge in [0.25, 0.3) is 22.0 Å². The van der Waals surface area contributed by atoms with Crippen molar-refractivity contribution < 1.29 is 27.1 Å². The zero-order valence-corrected chi connectivity index (χ0v) is 32.0. The summed E-state index contributed by atoms with van der Waals surface area (Å²) in [6.07, 6.45) is 7.17. The summed E-state index contributed by atoms with van der Waals surface area (Å²) in [5, 5.41) is 8.18. The molecule has 0 N–H and O–H groups in total. The molecule has 5 aliphatic rings. The average Bonchev–Trinajstić information content (AvgIpc) is 3.74. The van der Waals surface area contributed by atoms with E-state index in [1.54, 1.807) is 18.4 Å². The van der Waals surface area contributed by atoms with Gasteiger partial charge in [-0.15, -0.1) is 10.2 Å². The fraction of sp³-hybridized carbons (Fsp3) is 0.649. The number of ether oxygens (including phenoxy) is 1. The van der Waals surface area contributed by atoms with Crippen molar-refractivity contribution in [2.45, 2.75) is 84.0 Å². The molecule has 0 unspecified atom stereocenters. The molecule has 0 saturated carbocycles. The molecule has 16 heteroatoms. The highest BCUT2D eigenvalue weighted by Gasteiger charge is 2.51. The molecule has 6 heterocycles. The number of aromatic nitrogens is 3. The molecule has 5 fully saturated rings. The van der Waals surface area contributed by atoms with E-state index in [0.29, 0.717) is 44.3 Å². The van der Waals surface area contributed by atoms with Crippen molar-refractivity contribution in [3.05, 3.63) is 48.6 Å². The number of anilines is 1. The van der Waals surface area contributed by atoms with Crippen LogP contribution in [0.4, 0.5) is 10.2 Å². The number of amides is 2. The molecule has 1 spiro atoms. The van der Waals surface area contributed by atoms with Crippen LogP contribution in [-0.4, -0.2) is 142 Å². The summed E-state index contributed by atoms with van der Waals surface area (Å²) in [6.45, 7) is 17.7. The Kier molecular flexibility index (Phi) is 10.5. The average molecular weight is 754 g/mol. The van der Waals surface area contributed by atoms with Crippen molar-refractivity contribution in [2.75, 3.05) is 63.8 Å². The third-order valence-corrected chi connectivity index (χ3v) is 14.0. The van der Waals surface area contributed by atoms with Crippen LogP contribution in [0, 0.1) is 17.2 Å². The van der Waals surface area contributed by atoms with E-state index in [4.69, 9.17) is 4.74 Å². The maximum absolute atomic E-state index is 14.4. The minimum Gasteiger partial charge on any atom is -0.434 e. The van der Waals surface area contributed by atoms with E-state index < -0.39 is 16.0 Å². The second-order valence-electron chi connectivity index (χ2n) is 16.0. The molecule has 2 aromatic rings. The van der Waals surface area contributed by atoms with E-state index >= 15 is 0 Å². The van der Waals surface area contributed by atoms with Crippen LogP contribution >= 0.6 is 0 Å². The number of hydrogen-bond acceptors (Lipinski definition) is 10. The number of carbonyl (C=O) groups excluding carboxylic acids is 2. The van der Waals surface area contributed by atoms with Crippen molar-refractivity contribution in [1.29, 1.82) is 0 Å². The van der Waals surface area contributed by atoms with Gasteiger partial charge in [0.15, 0.2) is 5.82 Å². The number of nitrogens with zero attached hydrogens (tertiary/aromatic N) is 9. The first-order valence-corrected chi connectivity index (χ1v) is 20.3. The molecule has 2 bridgehead atoms. The van der Waals surface area contributed by atoms with E-state index in [1.165, 1.54) is 30.6 Å². The lowest BCUT2D eigenvalue weighted by Crippen LogP contribution is -2.61. The Morgan fingerprint density at radius 1 is 1.06 bits per heavy atom. The SMILES string of the molecule is C=CC(=O)N1C[C@@H]2C[C@H]1CN2S(=O)(=O)N1CCC(CN2CCC3(CC2)CN(c2ncnnc2Oc2ccc(F)cc2C(=O)N(C(C)C)C(C)C)C3)CC1. The zero-order chi connectivity index (χ0) is 37.7. The maximum atomic E-state index is 14.4. The predicted octanol–water partition coefficient (Wildman–Crippen LogP) is 3.39. The van der Waals surface area contributed by atoms with Gasteiger partial charge < -0.3 is 24.3 Å². The summed E-state index contributed by atoms with van der Waals surface area (Å²) >= 11 is 0. The van der Waals surface area contributed by atoms with Crippen LogP contribution in [0.15, 0.2) is 37.2 Å². The topological polar surface area (TPSA) is 136 Å². The lowest BCUT2D eigenvalue weighted by atomic mass is 9.72. The van der Waals surface area contributed by atoms with Crippen molar-refractivity contribution >= 4 is 27.8 Å². The van der Waals surface area contributed by atoms with Gasteiger partial charge in [0.1, 0.15) is 17.9 Å². The molecule has 53 heavy (non-hydrogen) atoms. The van der Waals surface area contributed by atoms with Gasteiger partial charge in [0.2, 0.25) is 5.91 Å². The van der Waals surface area contributed by atoms with Crippen molar-refractivity contribution in [2.24, 2.45) is 11.3 Å². The first-order chi connectivity index (χ1) is 25.3. The Morgan fingerprint density at radius 3 is 2.38 bits per heavy atom. The first kappa shape index (κ1) is 37.6. The third kappa shape index (κ3) is 7.39. The number of benzene rings is 1. The molecule has 0 radical (unpaired) electrons. The van der Waals surface area contributed by atoms with Crippen molar-refractivity contribution in [3.8, 4) is 11.6 Å². The molecule has 2 atom stereocenters. The summed E-state index contributed by atoms with van der Waals surface area (Å²) < 4.78 is 51.0. The van der Waals surface area contributed by atoms with Crippen LogP contribution in [0.2, 0.25) is 0 Å². The first-order valence-electron chi connectivity index (χ1n) is 18.9. The number of piperidine rings is 2. The van der Waals surface area contributed by atoms with Crippen molar-refractivity contribution in [3.63, 3.8) is 0 Å². The Bertz CT molecular complexity index is 1800. The lowest BCUT2D eigenvalue weighted by Gasteiger charge is -2.54. The number of piperazine rings is 1. The summed E-state index contributed by atoms with van der Waals surface area (Å²) in [7, 11) is -3.55. The van der Waals surface area contributed by atoms with E-state index in [2.05, 4.69) is 31.6 Å². The molecule has 7 rings (SSSR count). The summed E-state index contributed by atoms with van der Waals surface area (Å²) in [5.41, 5.74) is 0.278. The third-order valence-electron chi connectivity index (χ3n) is 11.9. The molecule has 288 valence electrons. The predicted molar refractivity (Wildman–Crippen MR) is 197 cm³/mol. The second-order valence-corrected chi connectivity index (χ2v) is 17.9. The minimum atomic E-state index is -3.55. The van der Waals surface area contributed by atoms with Gasteiger partial charge in [-0.25, -0.2) is 9.37 Å². The van der Waals surface area contributed by atoms with Crippen molar-refractivity contribution in [1.82, 2.24) is 38.5 Å². The van der Waals surface area contributed by atoms with Crippen LogP contribution < -0.4 is 9.64 Å². The molecule has 1 aromatic carbocycles. The normalized spacial score (nSPS) is 23.9. The van der Waals surface area contributed by atoms with E-state index in [1.807, 2.05) is 27.7 Å². The molecule has 0 aliphatic carbocycles. The molecular weight excluding hydrogens is 702 g/mol. The number of rotatable bonds is 11. The number of hydrogen-bond donors (Lipinski definition) is 0. The maximum Gasteiger partial charge on any atom is 0.282 e. The fourth-order valence-electron chi connectivity index (χ4n) is 9.18. The van der Waals surface area contributed by atoms with Gasteiger partial charge >= 0.3 is 0 Å². The second kappa shape index (κ2) is 14.8. The minimum absolute atomic E-state index is 0.0617. The number of likely N-dealkylation sites (tertiary alicyclic amines) is 2. The van der Waals surface area contributed by atoms with E-state index in [9.17, 15) is 22.4 Å². The van der Waals surface area contributed by atoms with Crippen LogP contribution in [0.5, 0.6) is 11.6 Å².